The van der Waals surface area contributed by atoms with Gasteiger partial charge in [-0.15, -0.1) is 0 Å². The number of hydrogen-bond donors (Lipinski definition) is 1. The molecule has 1 aliphatic heterocycles. The molecule has 3 aliphatic rings. The number of hydrogen-bond acceptors (Lipinski definition) is 4. The summed E-state index contributed by atoms with van der Waals surface area (Å²) in [4.78, 5) is 15.0. The van der Waals surface area contributed by atoms with Crippen LogP contribution in [-0.4, -0.2) is 48.2 Å². The van der Waals surface area contributed by atoms with Crippen molar-refractivity contribution in [2.24, 2.45) is 0 Å². The molecule has 4 nitrogen and oxygen atoms in total. The monoisotopic (exact) mass is 280 g/mol. The second-order valence-electron chi connectivity index (χ2n) is 6.97. The van der Waals surface area contributed by atoms with Crippen molar-refractivity contribution in [1.29, 1.82) is 0 Å². The average Bonchev–Trinajstić information content (AvgIpc) is 3.16. The minimum absolute atomic E-state index is 0.0408. The SMILES string of the molecule is COC(=O)C1(NC2CC2)CCCC(N2CCCC2C)C1. The van der Waals surface area contributed by atoms with Crippen LogP contribution in [0.4, 0.5) is 0 Å². The zero-order valence-corrected chi connectivity index (χ0v) is 12.9. The van der Waals surface area contributed by atoms with Crippen molar-refractivity contribution in [3.63, 3.8) is 0 Å². The summed E-state index contributed by atoms with van der Waals surface area (Å²) in [6.45, 7) is 3.53. The first-order valence-corrected chi connectivity index (χ1v) is 8.26. The quantitative estimate of drug-likeness (QED) is 0.801. The molecule has 0 aromatic heterocycles. The predicted octanol–water partition coefficient (Wildman–Crippen LogP) is 2.08. The van der Waals surface area contributed by atoms with Gasteiger partial charge in [-0.2, -0.15) is 0 Å². The minimum atomic E-state index is -0.416. The fourth-order valence-corrected chi connectivity index (χ4v) is 4.22. The molecule has 1 N–H and O–H groups in total. The minimum Gasteiger partial charge on any atom is -0.468 e. The Morgan fingerprint density at radius 3 is 2.65 bits per heavy atom. The fraction of sp³-hybridized carbons (Fsp3) is 0.938. The number of carbonyl (C=O) groups excluding carboxylic acids is 1. The molecule has 0 amide bonds. The molecule has 1 heterocycles. The molecule has 3 rings (SSSR count). The first-order chi connectivity index (χ1) is 9.64. The van der Waals surface area contributed by atoms with E-state index >= 15 is 0 Å². The summed E-state index contributed by atoms with van der Waals surface area (Å²) in [5.74, 6) is -0.0408. The van der Waals surface area contributed by atoms with E-state index in [2.05, 4.69) is 17.1 Å². The van der Waals surface area contributed by atoms with Crippen LogP contribution in [0.25, 0.3) is 0 Å². The molecule has 0 aromatic carbocycles. The van der Waals surface area contributed by atoms with Crippen molar-refractivity contribution in [3.05, 3.63) is 0 Å². The highest BCUT2D eigenvalue weighted by Gasteiger charge is 2.48. The Morgan fingerprint density at radius 2 is 2.05 bits per heavy atom. The van der Waals surface area contributed by atoms with Gasteiger partial charge in [-0.1, -0.05) is 0 Å². The van der Waals surface area contributed by atoms with E-state index in [-0.39, 0.29) is 5.97 Å². The van der Waals surface area contributed by atoms with Crippen LogP contribution in [-0.2, 0) is 9.53 Å². The molecular formula is C16H28N2O2. The van der Waals surface area contributed by atoms with Gasteiger partial charge in [-0.05, 0) is 64.8 Å². The maximum absolute atomic E-state index is 12.4. The van der Waals surface area contributed by atoms with Gasteiger partial charge < -0.3 is 4.74 Å². The first-order valence-electron chi connectivity index (χ1n) is 8.26. The molecular weight excluding hydrogens is 252 g/mol. The number of nitrogens with one attached hydrogen (secondary N) is 1. The maximum Gasteiger partial charge on any atom is 0.326 e. The number of nitrogens with zero attached hydrogens (tertiary/aromatic N) is 1. The molecule has 4 heteroatoms. The van der Waals surface area contributed by atoms with Crippen molar-refractivity contribution in [1.82, 2.24) is 10.2 Å². The highest BCUT2D eigenvalue weighted by molar-refractivity contribution is 5.81. The van der Waals surface area contributed by atoms with Crippen molar-refractivity contribution in [2.45, 2.75) is 82.0 Å². The summed E-state index contributed by atoms with van der Waals surface area (Å²) in [5.41, 5.74) is -0.416. The van der Waals surface area contributed by atoms with Crippen LogP contribution in [0.15, 0.2) is 0 Å². The Morgan fingerprint density at radius 1 is 1.25 bits per heavy atom. The second kappa shape index (κ2) is 5.64. The molecule has 0 radical (unpaired) electrons. The third kappa shape index (κ3) is 2.73. The standard InChI is InChI=1S/C16H28N2O2/c1-12-5-4-10-18(12)14-6-3-9-16(11-14,15(19)20-2)17-13-7-8-13/h12-14,17H,3-11H2,1-2H3. The van der Waals surface area contributed by atoms with Crippen LogP contribution in [0.1, 0.15) is 58.3 Å². The third-order valence-corrected chi connectivity index (χ3v) is 5.43. The maximum atomic E-state index is 12.4. The number of methoxy groups -OCH3 is 1. The number of esters is 1. The van der Waals surface area contributed by atoms with Gasteiger partial charge in [0.2, 0.25) is 0 Å². The summed E-state index contributed by atoms with van der Waals surface area (Å²) in [6.07, 6.45) is 9.26. The fourth-order valence-electron chi connectivity index (χ4n) is 4.22. The predicted molar refractivity (Wildman–Crippen MR) is 78.6 cm³/mol. The van der Waals surface area contributed by atoms with Crippen LogP contribution in [0.3, 0.4) is 0 Å². The van der Waals surface area contributed by atoms with E-state index in [9.17, 15) is 4.79 Å². The Hall–Kier alpha value is -0.610. The lowest BCUT2D eigenvalue weighted by atomic mass is 9.78. The van der Waals surface area contributed by atoms with Crippen molar-refractivity contribution >= 4 is 5.97 Å². The zero-order valence-electron chi connectivity index (χ0n) is 12.9. The third-order valence-electron chi connectivity index (χ3n) is 5.43. The summed E-state index contributed by atoms with van der Waals surface area (Å²) in [7, 11) is 1.53. The molecule has 2 saturated carbocycles. The van der Waals surface area contributed by atoms with Crippen LogP contribution in [0.2, 0.25) is 0 Å². The van der Waals surface area contributed by atoms with E-state index in [0.717, 1.165) is 19.3 Å². The molecule has 0 bridgehead atoms. The molecule has 114 valence electrons. The molecule has 2 aliphatic carbocycles. The molecule has 3 atom stereocenters. The van der Waals surface area contributed by atoms with E-state index in [1.165, 1.54) is 45.8 Å². The molecule has 0 spiro atoms. The van der Waals surface area contributed by atoms with Gasteiger partial charge in [0.1, 0.15) is 5.54 Å². The number of rotatable bonds is 4. The number of carbonyl (C=O) groups is 1. The Bertz CT molecular complexity index is 369. The lowest BCUT2D eigenvalue weighted by molar-refractivity contribution is -0.151. The summed E-state index contributed by atoms with van der Waals surface area (Å²) in [6, 6.07) is 1.77. The Balaban J connectivity index is 1.73. The molecule has 1 saturated heterocycles. The van der Waals surface area contributed by atoms with Crippen molar-refractivity contribution in [3.8, 4) is 0 Å². The van der Waals surface area contributed by atoms with Gasteiger partial charge in [-0.3, -0.25) is 15.0 Å². The van der Waals surface area contributed by atoms with E-state index in [0.29, 0.717) is 18.1 Å². The van der Waals surface area contributed by atoms with Crippen molar-refractivity contribution in [2.75, 3.05) is 13.7 Å². The molecule has 0 aromatic rings. The van der Waals surface area contributed by atoms with Crippen LogP contribution in [0.5, 0.6) is 0 Å². The first kappa shape index (κ1) is 14.3. The van der Waals surface area contributed by atoms with E-state index in [1.54, 1.807) is 0 Å². The smallest absolute Gasteiger partial charge is 0.326 e. The van der Waals surface area contributed by atoms with Gasteiger partial charge in [0.15, 0.2) is 0 Å². The highest BCUT2D eigenvalue weighted by Crippen LogP contribution is 2.37. The van der Waals surface area contributed by atoms with E-state index < -0.39 is 5.54 Å². The van der Waals surface area contributed by atoms with Crippen LogP contribution in [0, 0.1) is 0 Å². The second-order valence-corrected chi connectivity index (χ2v) is 6.97. The lowest BCUT2D eigenvalue weighted by Gasteiger charge is -2.43. The zero-order chi connectivity index (χ0) is 14.2. The van der Waals surface area contributed by atoms with E-state index in [4.69, 9.17) is 4.74 Å². The van der Waals surface area contributed by atoms with Gasteiger partial charge in [0.25, 0.3) is 0 Å². The van der Waals surface area contributed by atoms with Gasteiger partial charge in [0.05, 0.1) is 7.11 Å². The molecule has 20 heavy (non-hydrogen) atoms. The number of likely N-dealkylation sites (tertiary alicyclic amines) is 1. The Labute approximate surface area is 122 Å². The van der Waals surface area contributed by atoms with Gasteiger partial charge >= 0.3 is 5.97 Å². The topological polar surface area (TPSA) is 41.6 Å². The van der Waals surface area contributed by atoms with Crippen molar-refractivity contribution < 1.29 is 9.53 Å². The Kier molecular flexibility index (Phi) is 4.04. The molecule has 3 fully saturated rings. The van der Waals surface area contributed by atoms with Crippen LogP contribution < -0.4 is 5.32 Å². The molecule has 3 unspecified atom stereocenters. The summed E-state index contributed by atoms with van der Waals surface area (Å²) >= 11 is 0. The lowest BCUT2D eigenvalue weighted by Crippen LogP contribution is -2.59. The number of ether oxygens (including phenoxy) is 1. The van der Waals surface area contributed by atoms with Gasteiger partial charge in [0, 0.05) is 18.1 Å². The van der Waals surface area contributed by atoms with Crippen LogP contribution >= 0.6 is 0 Å². The highest BCUT2D eigenvalue weighted by atomic mass is 16.5. The van der Waals surface area contributed by atoms with Gasteiger partial charge in [-0.25, -0.2) is 0 Å². The largest absolute Gasteiger partial charge is 0.468 e. The van der Waals surface area contributed by atoms with E-state index in [1.807, 2.05) is 0 Å². The summed E-state index contributed by atoms with van der Waals surface area (Å²) < 4.78 is 5.14. The summed E-state index contributed by atoms with van der Waals surface area (Å²) in [5, 5.41) is 3.62. The average molecular weight is 280 g/mol. The normalized spacial score (nSPS) is 38.9.